The Kier molecular flexibility index (Phi) is 4.89. The summed E-state index contributed by atoms with van der Waals surface area (Å²) in [6.07, 6.45) is 2.95. The number of carbonyl (C=O) groups is 2. The Morgan fingerprint density at radius 2 is 2.00 bits per heavy atom. The molecule has 1 aromatic carbocycles. The van der Waals surface area contributed by atoms with Crippen molar-refractivity contribution in [2.75, 3.05) is 11.1 Å². The minimum Gasteiger partial charge on any atom is -0.369 e. The van der Waals surface area contributed by atoms with Crippen LogP contribution in [0, 0.1) is 6.92 Å². The molecule has 0 spiro atoms. The third-order valence-corrected chi connectivity index (χ3v) is 3.61. The Balaban J connectivity index is 2.13. The highest BCUT2D eigenvalue weighted by Gasteiger charge is 2.11. The summed E-state index contributed by atoms with van der Waals surface area (Å²) in [7, 11) is 0. The zero-order chi connectivity index (χ0) is 15.2. The predicted molar refractivity (Wildman–Crippen MR) is 81.1 cm³/mol. The molecule has 0 aliphatic heterocycles. The fourth-order valence-electron chi connectivity index (χ4n) is 1.54. The number of nitrogens with two attached hydrogens (primary N) is 1. The Hall–Kier alpha value is -2.41. The van der Waals surface area contributed by atoms with Crippen LogP contribution in [0.25, 0.3) is 0 Å². The summed E-state index contributed by atoms with van der Waals surface area (Å²) in [5.74, 6) is -0.614. The first kappa shape index (κ1) is 15.0. The van der Waals surface area contributed by atoms with Gasteiger partial charge in [0.25, 0.3) is 5.91 Å². The molecule has 6 nitrogen and oxygen atoms in total. The normalized spacial score (nSPS) is 10.1. The van der Waals surface area contributed by atoms with Gasteiger partial charge in [0, 0.05) is 11.1 Å². The zero-order valence-corrected chi connectivity index (χ0v) is 12.2. The number of carbonyl (C=O) groups excluding carboxylic acids is 2. The molecular formula is C14H14N4O2S. The van der Waals surface area contributed by atoms with Gasteiger partial charge in [-0.3, -0.25) is 14.6 Å². The van der Waals surface area contributed by atoms with E-state index < -0.39 is 5.91 Å². The number of nitrogens with one attached hydrogen (secondary N) is 1. The largest absolute Gasteiger partial charge is 0.369 e. The summed E-state index contributed by atoms with van der Waals surface area (Å²) in [5.41, 5.74) is 6.71. The van der Waals surface area contributed by atoms with Crippen molar-refractivity contribution in [1.29, 1.82) is 0 Å². The molecule has 0 aliphatic rings. The summed E-state index contributed by atoms with van der Waals surface area (Å²) in [6.45, 7) is 1.80. The smallest absolute Gasteiger partial charge is 0.275 e. The van der Waals surface area contributed by atoms with Gasteiger partial charge in [0.2, 0.25) is 5.91 Å². The highest BCUT2D eigenvalue weighted by atomic mass is 32.2. The topological polar surface area (TPSA) is 98.0 Å². The van der Waals surface area contributed by atoms with Gasteiger partial charge in [-0.05, 0) is 19.1 Å². The van der Waals surface area contributed by atoms with Gasteiger partial charge in [-0.1, -0.05) is 12.1 Å². The molecule has 0 atom stereocenters. The average Bonchev–Trinajstić information content (AvgIpc) is 2.47. The van der Waals surface area contributed by atoms with E-state index in [9.17, 15) is 9.59 Å². The molecule has 3 N–H and O–H groups in total. The van der Waals surface area contributed by atoms with Gasteiger partial charge in [-0.25, -0.2) is 4.98 Å². The Morgan fingerprint density at radius 1 is 1.24 bits per heavy atom. The number of anilines is 1. The molecule has 2 rings (SSSR count). The van der Waals surface area contributed by atoms with Crippen LogP contribution in [-0.2, 0) is 4.79 Å². The van der Waals surface area contributed by atoms with E-state index in [0.29, 0.717) is 5.69 Å². The van der Waals surface area contributed by atoms with Crippen molar-refractivity contribution in [3.63, 3.8) is 0 Å². The second kappa shape index (κ2) is 6.85. The number of thioether (sulfide) groups is 1. The quantitative estimate of drug-likeness (QED) is 0.818. The van der Waals surface area contributed by atoms with Crippen LogP contribution in [0.2, 0.25) is 0 Å². The van der Waals surface area contributed by atoms with Crippen molar-refractivity contribution in [3.8, 4) is 0 Å². The lowest BCUT2D eigenvalue weighted by Gasteiger charge is -2.09. The van der Waals surface area contributed by atoms with Gasteiger partial charge < -0.3 is 11.1 Å². The fourth-order valence-corrected chi connectivity index (χ4v) is 2.29. The molecule has 0 radical (unpaired) electrons. The van der Waals surface area contributed by atoms with Crippen LogP contribution >= 0.6 is 11.8 Å². The van der Waals surface area contributed by atoms with Crippen LogP contribution in [0.15, 0.2) is 41.6 Å². The van der Waals surface area contributed by atoms with Gasteiger partial charge in [-0.2, -0.15) is 0 Å². The maximum absolute atomic E-state index is 12.1. The molecule has 0 saturated carbocycles. The average molecular weight is 302 g/mol. The number of aryl methyl sites for hydroxylation is 1. The Bertz CT molecular complexity index is 658. The molecule has 2 aromatic rings. The maximum atomic E-state index is 12.1. The second-order valence-corrected chi connectivity index (χ2v) is 5.27. The standard InChI is InChI=1S/C14H14N4O2S/c1-9-6-17-11(7-16-9)14(20)18-10-4-2-3-5-12(10)21-8-13(15)19/h2-7H,8H2,1H3,(H2,15,19)(H,18,20). The van der Waals surface area contributed by atoms with Gasteiger partial charge >= 0.3 is 0 Å². The molecule has 1 aromatic heterocycles. The van der Waals surface area contributed by atoms with Crippen LogP contribution in [-0.4, -0.2) is 27.5 Å². The van der Waals surface area contributed by atoms with E-state index in [2.05, 4.69) is 15.3 Å². The summed E-state index contributed by atoms with van der Waals surface area (Å²) in [6, 6.07) is 7.18. The number of para-hydroxylation sites is 1. The highest BCUT2D eigenvalue weighted by Crippen LogP contribution is 2.26. The van der Waals surface area contributed by atoms with E-state index in [1.54, 1.807) is 19.1 Å². The maximum Gasteiger partial charge on any atom is 0.275 e. The second-order valence-electron chi connectivity index (χ2n) is 4.25. The van der Waals surface area contributed by atoms with Crippen LogP contribution in [0.4, 0.5) is 5.69 Å². The SMILES string of the molecule is Cc1cnc(C(=O)Nc2ccccc2SCC(N)=O)cn1. The summed E-state index contributed by atoms with van der Waals surface area (Å²) >= 11 is 1.27. The molecule has 7 heteroatoms. The summed E-state index contributed by atoms with van der Waals surface area (Å²) in [5, 5.41) is 2.76. The third kappa shape index (κ3) is 4.28. The predicted octanol–water partition coefficient (Wildman–Crippen LogP) is 1.61. The first-order valence-corrected chi connectivity index (χ1v) is 7.15. The van der Waals surface area contributed by atoms with Crippen LogP contribution in [0.3, 0.4) is 0 Å². The highest BCUT2D eigenvalue weighted by molar-refractivity contribution is 8.00. The van der Waals surface area contributed by atoms with Crippen molar-refractivity contribution in [2.24, 2.45) is 5.73 Å². The van der Waals surface area contributed by atoms with Gasteiger partial charge in [-0.15, -0.1) is 11.8 Å². The first-order chi connectivity index (χ1) is 10.1. The number of benzene rings is 1. The summed E-state index contributed by atoms with van der Waals surface area (Å²) in [4.78, 5) is 31.8. The Labute approximate surface area is 126 Å². The van der Waals surface area contributed by atoms with E-state index in [0.717, 1.165) is 10.6 Å². The van der Waals surface area contributed by atoms with Gasteiger partial charge in [0.05, 0.1) is 23.3 Å². The lowest BCUT2D eigenvalue weighted by atomic mass is 10.3. The van der Waals surface area contributed by atoms with Crippen LogP contribution in [0.5, 0.6) is 0 Å². The number of nitrogens with zero attached hydrogens (tertiary/aromatic N) is 2. The fraction of sp³-hybridized carbons (Fsp3) is 0.143. The monoisotopic (exact) mass is 302 g/mol. The first-order valence-electron chi connectivity index (χ1n) is 6.16. The molecule has 0 fully saturated rings. The summed E-state index contributed by atoms with van der Waals surface area (Å²) < 4.78 is 0. The molecule has 0 aliphatic carbocycles. The molecule has 0 bridgehead atoms. The van der Waals surface area contributed by atoms with E-state index in [4.69, 9.17) is 5.73 Å². The molecule has 2 amide bonds. The molecular weight excluding hydrogens is 288 g/mol. The number of aromatic nitrogens is 2. The molecule has 108 valence electrons. The van der Waals surface area contributed by atoms with Crippen molar-refractivity contribution >= 4 is 29.3 Å². The van der Waals surface area contributed by atoms with Gasteiger partial charge in [0.1, 0.15) is 5.69 Å². The number of primary amides is 1. The van der Waals surface area contributed by atoms with Crippen LogP contribution in [0.1, 0.15) is 16.2 Å². The van der Waals surface area contributed by atoms with Crippen molar-refractivity contribution in [2.45, 2.75) is 11.8 Å². The minimum absolute atomic E-state index is 0.150. The van der Waals surface area contributed by atoms with Crippen molar-refractivity contribution < 1.29 is 9.59 Å². The minimum atomic E-state index is -0.412. The molecule has 0 unspecified atom stereocenters. The number of rotatable bonds is 5. The number of hydrogen-bond acceptors (Lipinski definition) is 5. The number of amides is 2. The van der Waals surface area contributed by atoms with Crippen molar-refractivity contribution in [1.82, 2.24) is 9.97 Å². The van der Waals surface area contributed by atoms with Crippen molar-refractivity contribution in [3.05, 3.63) is 48.0 Å². The van der Waals surface area contributed by atoms with Crippen LogP contribution < -0.4 is 11.1 Å². The Morgan fingerprint density at radius 3 is 2.67 bits per heavy atom. The third-order valence-electron chi connectivity index (χ3n) is 2.52. The molecule has 21 heavy (non-hydrogen) atoms. The van der Waals surface area contributed by atoms with E-state index in [1.807, 2.05) is 12.1 Å². The molecule has 0 saturated heterocycles. The zero-order valence-electron chi connectivity index (χ0n) is 11.4. The molecule has 1 heterocycles. The number of hydrogen-bond donors (Lipinski definition) is 2. The van der Waals surface area contributed by atoms with E-state index >= 15 is 0 Å². The lowest BCUT2D eigenvalue weighted by molar-refractivity contribution is -0.115. The van der Waals surface area contributed by atoms with Gasteiger partial charge in [0.15, 0.2) is 0 Å². The van der Waals surface area contributed by atoms with E-state index in [-0.39, 0.29) is 17.4 Å². The van der Waals surface area contributed by atoms with E-state index in [1.165, 1.54) is 24.2 Å². The lowest BCUT2D eigenvalue weighted by Crippen LogP contribution is -2.15.